The molecule has 0 aliphatic carbocycles. The molecule has 0 saturated carbocycles. The maximum atomic E-state index is 13.4. The van der Waals surface area contributed by atoms with Gasteiger partial charge in [-0.15, -0.1) is 0 Å². The molecule has 10 nitrogen and oxygen atoms in total. The van der Waals surface area contributed by atoms with Gasteiger partial charge in [-0.1, -0.05) is 24.6 Å². The van der Waals surface area contributed by atoms with E-state index in [2.05, 4.69) is 14.7 Å². The van der Waals surface area contributed by atoms with Gasteiger partial charge >= 0.3 is 0 Å². The number of hydrogen-bond donors (Lipinski definition) is 2. The van der Waals surface area contributed by atoms with E-state index < -0.39 is 27.7 Å². The summed E-state index contributed by atoms with van der Waals surface area (Å²) < 4.78 is 48.2. The number of amides is 1. The van der Waals surface area contributed by atoms with Gasteiger partial charge in [0.05, 0.1) is 35.3 Å². The molecule has 0 radical (unpaired) electrons. The van der Waals surface area contributed by atoms with Crippen LogP contribution >= 0.6 is 11.6 Å². The molecule has 13 heteroatoms. The Bertz CT molecular complexity index is 1690. The first-order valence-electron chi connectivity index (χ1n) is 10.8. The monoisotopic (exact) mass is 545 g/mol. The van der Waals surface area contributed by atoms with Gasteiger partial charge in [0.2, 0.25) is 11.8 Å². The van der Waals surface area contributed by atoms with E-state index in [0.29, 0.717) is 16.6 Å². The van der Waals surface area contributed by atoms with Crippen LogP contribution in [0.1, 0.15) is 6.92 Å². The van der Waals surface area contributed by atoms with Gasteiger partial charge in [0, 0.05) is 18.3 Å². The van der Waals surface area contributed by atoms with E-state index in [4.69, 9.17) is 22.1 Å². The normalized spacial score (nSPS) is 12.3. The van der Waals surface area contributed by atoms with Gasteiger partial charge in [0.1, 0.15) is 16.4 Å². The van der Waals surface area contributed by atoms with E-state index in [1.807, 2.05) is 0 Å². The molecule has 0 aliphatic heterocycles. The van der Waals surface area contributed by atoms with Crippen LogP contribution in [0.2, 0.25) is 5.02 Å². The molecule has 0 fully saturated rings. The minimum absolute atomic E-state index is 0.000584. The first-order valence-corrected chi connectivity index (χ1v) is 12.7. The summed E-state index contributed by atoms with van der Waals surface area (Å²) in [7, 11) is -2.91. The number of primary amides is 1. The predicted molar refractivity (Wildman–Crippen MR) is 136 cm³/mol. The minimum Gasteiger partial charge on any atom is -0.480 e. The molecule has 2 heterocycles. The van der Waals surface area contributed by atoms with E-state index >= 15 is 0 Å². The number of nitrogens with two attached hydrogens (primary N) is 1. The minimum atomic E-state index is -4.23. The number of anilines is 1. The van der Waals surface area contributed by atoms with Crippen molar-refractivity contribution in [3.63, 3.8) is 0 Å². The highest BCUT2D eigenvalue weighted by molar-refractivity contribution is 7.92. The van der Waals surface area contributed by atoms with Crippen molar-refractivity contribution in [1.82, 2.24) is 14.5 Å². The Morgan fingerprint density at radius 3 is 2.62 bits per heavy atom. The third-order valence-corrected chi connectivity index (χ3v) is 7.43. The number of benzene rings is 2. The van der Waals surface area contributed by atoms with E-state index in [0.717, 1.165) is 18.2 Å². The maximum absolute atomic E-state index is 13.4. The molecule has 0 bridgehead atoms. The number of carbonyl (C=O) groups is 1. The number of sulfonamides is 1. The number of carbonyl (C=O) groups excluding carboxylic acids is 1. The van der Waals surface area contributed by atoms with Crippen molar-refractivity contribution < 1.29 is 22.3 Å². The molecule has 2 aromatic carbocycles. The predicted octanol–water partition coefficient (Wildman–Crippen LogP) is 3.18. The Balaban J connectivity index is 1.75. The molecule has 0 saturated heterocycles. The van der Waals surface area contributed by atoms with E-state index in [9.17, 15) is 22.4 Å². The van der Waals surface area contributed by atoms with Gasteiger partial charge in [-0.3, -0.25) is 18.9 Å². The van der Waals surface area contributed by atoms with Crippen LogP contribution in [0.15, 0.2) is 64.7 Å². The molecular formula is C24H21ClFN5O5S. The second-order valence-electron chi connectivity index (χ2n) is 8.20. The van der Waals surface area contributed by atoms with Gasteiger partial charge in [0.25, 0.3) is 15.6 Å². The molecule has 4 aromatic rings. The zero-order valence-electron chi connectivity index (χ0n) is 19.6. The quantitative estimate of drug-likeness (QED) is 0.345. The molecule has 1 atom stereocenters. The third kappa shape index (κ3) is 5.39. The summed E-state index contributed by atoms with van der Waals surface area (Å²) in [4.78, 5) is 32.6. The van der Waals surface area contributed by atoms with Crippen LogP contribution in [0.25, 0.3) is 22.0 Å². The van der Waals surface area contributed by atoms with Crippen LogP contribution in [0.4, 0.5) is 10.1 Å². The first-order chi connectivity index (χ1) is 17.5. The zero-order chi connectivity index (χ0) is 26.9. The Hall–Kier alpha value is -4.03. The average Bonchev–Trinajstić information content (AvgIpc) is 2.85. The number of nitrogens with zero attached hydrogens (tertiary/aromatic N) is 3. The molecule has 1 amide bonds. The van der Waals surface area contributed by atoms with E-state index in [1.54, 1.807) is 25.1 Å². The van der Waals surface area contributed by atoms with Crippen molar-refractivity contribution >= 4 is 44.1 Å². The standard InChI is InChI=1S/C24H21ClFN5O5S/c1-13(22(27)32)11-31-12-29-19-5-3-14(7-17(19)24(31)33)15-8-20(23(36-2)28-10-15)30-37(34,35)21-6-4-16(26)9-18(21)25/h3-10,12-13,30H,11H2,1-2H3,(H2,27,32)/t13-/m0/s1. The number of ether oxygens (including phenoxy) is 1. The summed E-state index contributed by atoms with van der Waals surface area (Å²) in [5, 5.41) is -0.00717. The second kappa shape index (κ2) is 10.1. The fourth-order valence-corrected chi connectivity index (χ4v) is 5.17. The number of hydrogen-bond acceptors (Lipinski definition) is 7. The molecule has 3 N–H and O–H groups in total. The number of aromatic nitrogens is 3. The maximum Gasteiger partial charge on any atom is 0.263 e. The Morgan fingerprint density at radius 1 is 1.19 bits per heavy atom. The number of nitrogens with one attached hydrogen (secondary N) is 1. The Labute approximate surface area is 215 Å². The molecule has 0 unspecified atom stereocenters. The van der Waals surface area contributed by atoms with Crippen LogP contribution in [0, 0.1) is 11.7 Å². The van der Waals surface area contributed by atoms with Gasteiger partial charge in [0.15, 0.2) is 0 Å². The number of fused-ring (bicyclic) bond motifs is 1. The van der Waals surface area contributed by atoms with Crippen LogP contribution < -0.4 is 20.8 Å². The van der Waals surface area contributed by atoms with E-state index in [-0.39, 0.29) is 39.0 Å². The van der Waals surface area contributed by atoms with Gasteiger partial charge in [-0.25, -0.2) is 22.8 Å². The SMILES string of the molecule is COc1ncc(-c2ccc3ncn(C[C@H](C)C(N)=O)c(=O)c3c2)cc1NS(=O)(=O)c1ccc(F)cc1Cl. The second-order valence-corrected chi connectivity index (χ2v) is 10.3. The van der Waals surface area contributed by atoms with Crippen LogP contribution in [-0.2, 0) is 21.4 Å². The summed E-state index contributed by atoms with van der Waals surface area (Å²) in [6.07, 6.45) is 2.80. The lowest BCUT2D eigenvalue weighted by Gasteiger charge is -2.14. The van der Waals surface area contributed by atoms with Crippen molar-refractivity contribution in [1.29, 1.82) is 0 Å². The molecule has 192 valence electrons. The fraction of sp³-hybridized carbons (Fsp3) is 0.167. The van der Waals surface area contributed by atoms with Crippen LogP contribution in [-0.4, -0.2) is 36.0 Å². The van der Waals surface area contributed by atoms with Crippen molar-refractivity contribution in [2.45, 2.75) is 18.4 Å². The largest absolute Gasteiger partial charge is 0.480 e. The van der Waals surface area contributed by atoms with Gasteiger partial charge in [-0.2, -0.15) is 0 Å². The third-order valence-electron chi connectivity index (χ3n) is 5.59. The fourth-order valence-electron chi connectivity index (χ4n) is 3.59. The van der Waals surface area contributed by atoms with Crippen molar-refractivity contribution in [2.75, 3.05) is 11.8 Å². The summed E-state index contributed by atoms with van der Waals surface area (Å²) >= 11 is 5.94. The molecule has 4 rings (SSSR count). The summed E-state index contributed by atoms with van der Waals surface area (Å²) in [5.74, 6) is -1.81. The summed E-state index contributed by atoms with van der Waals surface area (Å²) in [5.41, 5.74) is 6.39. The van der Waals surface area contributed by atoms with Crippen molar-refractivity contribution in [3.8, 4) is 17.0 Å². The zero-order valence-corrected chi connectivity index (χ0v) is 21.2. The first kappa shape index (κ1) is 26.0. The lowest BCUT2D eigenvalue weighted by molar-refractivity contribution is -0.121. The van der Waals surface area contributed by atoms with Gasteiger partial charge in [-0.05, 0) is 42.0 Å². The number of rotatable bonds is 8. The highest BCUT2D eigenvalue weighted by atomic mass is 35.5. The van der Waals surface area contributed by atoms with Crippen molar-refractivity contribution in [3.05, 3.63) is 76.2 Å². The number of methoxy groups -OCH3 is 1. The topological polar surface area (TPSA) is 146 Å². The molecule has 0 spiro atoms. The van der Waals surface area contributed by atoms with Crippen LogP contribution in [0.3, 0.4) is 0 Å². The number of halogens is 2. The summed E-state index contributed by atoms with van der Waals surface area (Å²) in [6.45, 7) is 1.68. The lowest BCUT2D eigenvalue weighted by Crippen LogP contribution is -2.30. The van der Waals surface area contributed by atoms with E-state index in [1.165, 1.54) is 30.3 Å². The number of pyridine rings is 1. The summed E-state index contributed by atoms with van der Waals surface area (Å²) in [6, 6.07) is 9.32. The highest BCUT2D eigenvalue weighted by Gasteiger charge is 2.21. The smallest absolute Gasteiger partial charge is 0.263 e. The Morgan fingerprint density at radius 2 is 1.95 bits per heavy atom. The molecule has 37 heavy (non-hydrogen) atoms. The average molecular weight is 546 g/mol. The Kier molecular flexibility index (Phi) is 7.14. The molecular weight excluding hydrogens is 525 g/mol. The highest BCUT2D eigenvalue weighted by Crippen LogP contribution is 2.32. The lowest BCUT2D eigenvalue weighted by atomic mass is 10.0. The molecule has 2 aromatic heterocycles. The van der Waals surface area contributed by atoms with Crippen molar-refractivity contribution in [2.24, 2.45) is 11.7 Å². The van der Waals surface area contributed by atoms with Gasteiger partial charge < -0.3 is 10.5 Å². The molecule has 0 aliphatic rings. The van der Waals surface area contributed by atoms with Crippen LogP contribution in [0.5, 0.6) is 5.88 Å².